The first kappa shape index (κ1) is 23.8. The largest absolute Gasteiger partial charge is 0.453 e. The number of benzene rings is 2. The molecule has 3 aromatic rings. The van der Waals surface area contributed by atoms with Gasteiger partial charge in [-0.2, -0.15) is 5.26 Å². The maximum atomic E-state index is 13.4. The minimum Gasteiger partial charge on any atom is -0.453 e. The second kappa shape index (κ2) is 9.85. The van der Waals surface area contributed by atoms with Crippen LogP contribution in [0.5, 0.6) is 0 Å². The fourth-order valence-corrected chi connectivity index (χ4v) is 4.73. The first-order valence-corrected chi connectivity index (χ1v) is 11.9. The Balaban J connectivity index is 1.62. The van der Waals surface area contributed by atoms with Crippen LogP contribution in [0.4, 0.5) is 4.79 Å². The molecule has 0 unspecified atom stereocenters. The molecule has 0 bridgehead atoms. The molecule has 1 saturated heterocycles. The van der Waals surface area contributed by atoms with E-state index in [4.69, 9.17) is 4.74 Å². The Morgan fingerprint density at radius 2 is 2.00 bits per heavy atom. The highest BCUT2D eigenvalue weighted by Gasteiger charge is 2.41. The number of fused-ring (bicyclic) bond motifs is 1. The fraction of sp³-hybridized carbons (Fsp3) is 0.360. The van der Waals surface area contributed by atoms with Crippen LogP contribution in [0.25, 0.3) is 22.0 Å². The van der Waals surface area contributed by atoms with Crippen LogP contribution in [0.1, 0.15) is 32.1 Å². The van der Waals surface area contributed by atoms with Crippen molar-refractivity contribution in [3.63, 3.8) is 0 Å². The van der Waals surface area contributed by atoms with Crippen molar-refractivity contribution in [3.05, 3.63) is 52.9 Å². The number of hydrogen-bond donors (Lipinski definition) is 2. The zero-order valence-corrected chi connectivity index (χ0v) is 20.8. The molecule has 1 fully saturated rings. The first-order valence-electron chi connectivity index (χ1n) is 11.1. The maximum absolute atomic E-state index is 13.4. The molecule has 2 aromatic carbocycles. The highest BCUT2D eigenvalue weighted by molar-refractivity contribution is 9.10. The number of nitriles is 1. The summed E-state index contributed by atoms with van der Waals surface area (Å²) in [6, 6.07) is 13.4. The summed E-state index contributed by atoms with van der Waals surface area (Å²) >= 11 is 3.50. The number of likely N-dealkylation sites (tertiary alicyclic amines) is 1. The molecule has 0 saturated carbocycles. The minimum atomic E-state index is -0.762. The van der Waals surface area contributed by atoms with E-state index < -0.39 is 12.1 Å². The van der Waals surface area contributed by atoms with Crippen LogP contribution in [-0.4, -0.2) is 46.6 Å². The zero-order valence-electron chi connectivity index (χ0n) is 19.2. The molecule has 2 amide bonds. The predicted molar refractivity (Wildman–Crippen MR) is 132 cm³/mol. The Hall–Kier alpha value is -3.38. The number of carbonyl (C=O) groups is 2. The van der Waals surface area contributed by atoms with Crippen LogP contribution in [-0.2, 0) is 9.53 Å². The van der Waals surface area contributed by atoms with Crippen molar-refractivity contribution in [3.8, 4) is 17.3 Å². The lowest BCUT2D eigenvalue weighted by molar-refractivity contribution is -0.135. The van der Waals surface area contributed by atoms with E-state index >= 15 is 0 Å². The molecule has 1 aromatic heterocycles. The van der Waals surface area contributed by atoms with Crippen molar-refractivity contribution in [2.24, 2.45) is 11.8 Å². The van der Waals surface area contributed by atoms with Gasteiger partial charge in [-0.05, 0) is 41.3 Å². The van der Waals surface area contributed by atoms with Gasteiger partial charge in [0.15, 0.2) is 0 Å². The van der Waals surface area contributed by atoms with Crippen LogP contribution in [0.3, 0.4) is 0 Å². The smallest absolute Gasteiger partial charge is 0.407 e. The molecular weight excluding hydrogens is 498 g/mol. The number of rotatable bonds is 5. The number of methoxy groups -OCH3 is 1. The molecule has 9 heteroatoms. The number of carbonyl (C=O) groups excluding carboxylic acids is 2. The number of nitrogens with zero attached hydrogens (tertiary/aromatic N) is 3. The Labute approximate surface area is 206 Å². The molecule has 2 N–H and O–H groups in total. The molecule has 8 nitrogen and oxygen atoms in total. The van der Waals surface area contributed by atoms with Gasteiger partial charge in [-0.3, -0.25) is 4.79 Å². The Morgan fingerprint density at radius 1 is 1.26 bits per heavy atom. The molecule has 0 radical (unpaired) electrons. The number of H-pyrrole nitrogens is 1. The molecule has 4 rings (SSSR count). The van der Waals surface area contributed by atoms with E-state index in [2.05, 4.69) is 61.5 Å². The van der Waals surface area contributed by atoms with Gasteiger partial charge in [0.1, 0.15) is 11.9 Å². The number of aromatic nitrogens is 2. The number of nitrogens with one attached hydrogen (secondary N) is 2. The molecule has 0 aliphatic carbocycles. The van der Waals surface area contributed by atoms with E-state index in [9.17, 15) is 14.9 Å². The number of halogens is 1. The quantitative estimate of drug-likeness (QED) is 0.499. The fourth-order valence-electron chi connectivity index (χ4n) is 4.35. The van der Waals surface area contributed by atoms with Gasteiger partial charge < -0.3 is 19.9 Å². The van der Waals surface area contributed by atoms with Crippen molar-refractivity contribution < 1.29 is 14.3 Å². The standard InChI is InChI=1S/C25H26BrN5O3/c1-14(2)22(30-25(33)34-3)24(32)31-13-15(11-27)8-21(31)23-28-12-20(29-23)18-5-4-17-10-19(26)7-6-16(17)9-18/h4-7,9-10,12,14-15,21-22H,8,13H2,1-3H3,(H,28,29)(H,30,33)/t15-,21+,22+/m0/s1. The van der Waals surface area contributed by atoms with Crippen LogP contribution in [0.2, 0.25) is 0 Å². The third-order valence-electron chi connectivity index (χ3n) is 6.18. The molecule has 2 heterocycles. The van der Waals surface area contributed by atoms with E-state index in [-0.39, 0.29) is 30.3 Å². The SMILES string of the molecule is COC(=O)N[C@@H](C(=O)N1C[C@H](C#N)C[C@@H]1c1ncc(-c2ccc3cc(Br)ccc3c2)[nH]1)C(C)C. The summed E-state index contributed by atoms with van der Waals surface area (Å²) in [6.45, 7) is 4.00. The number of alkyl carbamates (subject to hydrolysis) is 1. The number of aromatic amines is 1. The van der Waals surface area contributed by atoms with Crippen molar-refractivity contribution in [2.45, 2.75) is 32.4 Å². The van der Waals surface area contributed by atoms with Gasteiger partial charge >= 0.3 is 6.09 Å². The number of ether oxygens (including phenoxy) is 1. The topological polar surface area (TPSA) is 111 Å². The molecule has 3 atom stereocenters. The van der Waals surface area contributed by atoms with E-state index in [0.717, 1.165) is 26.5 Å². The van der Waals surface area contributed by atoms with Gasteiger partial charge in [0.05, 0.1) is 37.0 Å². The lowest BCUT2D eigenvalue weighted by Gasteiger charge is -2.29. The second-order valence-corrected chi connectivity index (χ2v) is 9.73. The highest BCUT2D eigenvalue weighted by Crippen LogP contribution is 2.36. The average molecular weight is 524 g/mol. The summed E-state index contributed by atoms with van der Waals surface area (Å²) in [5, 5.41) is 14.4. The van der Waals surface area contributed by atoms with Crippen molar-refractivity contribution >= 4 is 38.7 Å². The lowest BCUT2D eigenvalue weighted by atomic mass is 10.0. The summed E-state index contributed by atoms with van der Waals surface area (Å²) in [7, 11) is 1.26. The third kappa shape index (κ3) is 4.77. The molecule has 176 valence electrons. The summed E-state index contributed by atoms with van der Waals surface area (Å²) in [6.07, 6.45) is 1.57. The van der Waals surface area contributed by atoms with Crippen molar-refractivity contribution in [1.29, 1.82) is 5.26 Å². The van der Waals surface area contributed by atoms with Crippen LogP contribution >= 0.6 is 15.9 Å². The summed E-state index contributed by atoms with van der Waals surface area (Å²) in [4.78, 5) is 34.8. The van der Waals surface area contributed by atoms with E-state index in [0.29, 0.717) is 12.2 Å². The second-order valence-electron chi connectivity index (χ2n) is 8.81. The number of hydrogen-bond acceptors (Lipinski definition) is 5. The predicted octanol–water partition coefficient (Wildman–Crippen LogP) is 4.79. The molecule has 1 aliphatic rings. The summed E-state index contributed by atoms with van der Waals surface area (Å²) in [5.74, 6) is -0.0966. The summed E-state index contributed by atoms with van der Waals surface area (Å²) < 4.78 is 5.72. The van der Waals surface area contributed by atoms with Crippen molar-refractivity contribution in [1.82, 2.24) is 20.2 Å². The van der Waals surface area contributed by atoms with Crippen LogP contribution in [0.15, 0.2) is 47.1 Å². The van der Waals surface area contributed by atoms with Gasteiger partial charge in [-0.1, -0.05) is 48.0 Å². The zero-order chi connectivity index (χ0) is 24.4. The van der Waals surface area contributed by atoms with Gasteiger partial charge in [0.2, 0.25) is 5.91 Å². The molecule has 0 spiro atoms. The van der Waals surface area contributed by atoms with Gasteiger partial charge in [-0.25, -0.2) is 9.78 Å². The van der Waals surface area contributed by atoms with Gasteiger partial charge in [0, 0.05) is 16.6 Å². The minimum absolute atomic E-state index is 0.154. The van der Waals surface area contributed by atoms with Gasteiger partial charge in [-0.15, -0.1) is 0 Å². The third-order valence-corrected chi connectivity index (χ3v) is 6.68. The monoisotopic (exact) mass is 523 g/mol. The van der Waals surface area contributed by atoms with Crippen LogP contribution in [0, 0.1) is 23.2 Å². The van der Waals surface area contributed by atoms with E-state index in [1.54, 1.807) is 11.1 Å². The van der Waals surface area contributed by atoms with Gasteiger partial charge in [0.25, 0.3) is 0 Å². The van der Waals surface area contributed by atoms with Crippen LogP contribution < -0.4 is 5.32 Å². The maximum Gasteiger partial charge on any atom is 0.407 e. The number of amides is 2. The summed E-state index contributed by atoms with van der Waals surface area (Å²) in [5.41, 5.74) is 1.81. The Kier molecular flexibility index (Phi) is 6.89. The lowest BCUT2D eigenvalue weighted by Crippen LogP contribution is -2.51. The van der Waals surface area contributed by atoms with Crippen molar-refractivity contribution in [2.75, 3.05) is 13.7 Å². The molecular formula is C25H26BrN5O3. The Morgan fingerprint density at radius 3 is 2.71 bits per heavy atom. The molecule has 1 aliphatic heterocycles. The highest BCUT2D eigenvalue weighted by atomic mass is 79.9. The first-order chi connectivity index (χ1) is 16.3. The number of imidazole rings is 1. The Bertz CT molecular complexity index is 1260. The van der Waals surface area contributed by atoms with E-state index in [1.165, 1.54) is 7.11 Å². The average Bonchev–Trinajstić information content (AvgIpc) is 3.48. The molecule has 34 heavy (non-hydrogen) atoms. The normalized spacial score (nSPS) is 18.6. The van der Waals surface area contributed by atoms with E-state index in [1.807, 2.05) is 26.0 Å².